The van der Waals surface area contributed by atoms with Crippen molar-refractivity contribution in [2.45, 2.75) is 25.7 Å². The summed E-state index contributed by atoms with van der Waals surface area (Å²) in [5.74, 6) is 2.20. The van der Waals surface area contributed by atoms with Crippen molar-refractivity contribution in [2.24, 2.45) is 0 Å². The molecule has 0 radical (unpaired) electrons. The van der Waals surface area contributed by atoms with Crippen LogP contribution in [0.5, 0.6) is 17.2 Å². The lowest BCUT2D eigenvalue weighted by Gasteiger charge is -2.20. The SMILES string of the molecule is COc1cc(/C=C/C(=O)Nc2cccc(-c3ccc(N4CCCCCC4)nn3)c2)cc(OC)c1OC. The van der Waals surface area contributed by atoms with E-state index in [1.165, 1.54) is 31.8 Å². The minimum atomic E-state index is -0.261. The molecular formula is C28H32N4O4. The number of anilines is 2. The van der Waals surface area contributed by atoms with Crippen LogP contribution in [0.15, 0.2) is 54.6 Å². The highest BCUT2D eigenvalue weighted by atomic mass is 16.5. The molecule has 8 heteroatoms. The molecule has 0 bridgehead atoms. The molecular weight excluding hydrogens is 456 g/mol. The Labute approximate surface area is 211 Å². The number of methoxy groups -OCH3 is 3. The van der Waals surface area contributed by atoms with Crippen LogP contribution in [0.1, 0.15) is 31.2 Å². The summed E-state index contributed by atoms with van der Waals surface area (Å²) in [5, 5.41) is 11.8. The number of amides is 1. The summed E-state index contributed by atoms with van der Waals surface area (Å²) >= 11 is 0. The highest BCUT2D eigenvalue weighted by molar-refractivity contribution is 6.02. The minimum Gasteiger partial charge on any atom is -0.493 e. The van der Waals surface area contributed by atoms with Gasteiger partial charge in [-0.1, -0.05) is 25.0 Å². The zero-order chi connectivity index (χ0) is 25.3. The van der Waals surface area contributed by atoms with E-state index in [1.54, 1.807) is 39.5 Å². The number of benzene rings is 2. The maximum Gasteiger partial charge on any atom is 0.248 e. The second-order valence-electron chi connectivity index (χ2n) is 8.54. The standard InChI is InChI=1S/C28H32N4O4/c1-34-24-17-20(18-25(35-2)28(24)36-3)11-14-27(33)29-22-10-8-9-21(19-22)23-12-13-26(31-30-23)32-15-6-4-5-7-16-32/h8-14,17-19H,4-7,15-16H2,1-3H3,(H,29,33)/b14-11+. The summed E-state index contributed by atoms with van der Waals surface area (Å²) in [7, 11) is 4.65. The first kappa shape index (κ1) is 25.0. The normalized spacial score (nSPS) is 13.8. The first-order chi connectivity index (χ1) is 17.6. The summed E-state index contributed by atoms with van der Waals surface area (Å²) in [6, 6.07) is 15.1. The molecule has 1 amide bonds. The van der Waals surface area contributed by atoms with E-state index in [0.717, 1.165) is 35.7 Å². The molecule has 8 nitrogen and oxygen atoms in total. The maximum absolute atomic E-state index is 12.6. The number of carbonyl (C=O) groups is 1. The van der Waals surface area contributed by atoms with Crippen molar-refractivity contribution < 1.29 is 19.0 Å². The van der Waals surface area contributed by atoms with E-state index in [9.17, 15) is 4.79 Å². The molecule has 1 fully saturated rings. The van der Waals surface area contributed by atoms with Crippen LogP contribution in [0.4, 0.5) is 11.5 Å². The Morgan fingerprint density at radius 2 is 1.61 bits per heavy atom. The second kappa shape index (κ2) is 12.1. The van der Waals surface area contributed by atoms with Gasteiger partial charge in [-0.2, -0.15) is 0 Å². The van der Waals surface area contributed by atoms with E-state index in [-0.39, 0.29) is 5.91 Å². The molecule has 2 heterocycles. The van der Waals surface area contributed by atoms with Crippen LogP contribution in [-0.2, 0) is 4.79 Å². The summed E-state index contributed by atoms with van der Waals surface area (Å²) in [6.45, 7) is 2.05. The molecule has 188 valence electrons. The third-order valence-corrected chi connectivity index (χ3v) is 6.12. The number of rotatable bonds is 8. The van der Waals surface area contributed by atoms with Crippen molar-refractivity contribution in [3.8, 4) is 28.5 Å². The van der Waals surface area contributed by atoms with Crippen molar-refractivity contribution in [3.05, 3.63) is 60.2 Å². The average molecular weight is 489 g/mol. The smallest absolute Gasteiger partial charge is 0.248 e. The zero-order valence-corrected chi connectivity index (χ0v) is 21.0. The lowest BCUT2D eigenvalue weighted by molar-refractivity contribution is -0.111. The van der Waals surface area contributed by atoms with Crippen molar-refractivity contribution in [1.29, 1.82) is 0 Å². The lowest BCUT2D eigenvalue weighted by atomic mass is 10.1. The summed E-state index contributed by atoms with van der Waals surface area (Å²) in [5.41, 5.74) is 3.06. The fourth-order valence-electron chi connectivity index (χ4n) is 4.26. The molecule has 2 aromatic carbocycles. The van der Waals surface area contributed by atoms with E-state index in [2.05, 4.69) is 20.4 Å². The van der Waals surface area contributed by atoms with E-state index >= 15 is 0 Å². The molecule has 1 aliphatic heterocycles. The van der Waals surface area contributed by atoms with Crippen LogP contribution in [0, 0.1) is 0 Å². The van der Waals surface area contributed by atoms with E-state index in [0.29, 0.717) is 22.9 Å². The Bertz CT molecular complexity index is 1180. The van der Waals surface area contributed by atoms with Gasteiger partial charge in [0.15, 0.2) is 17.3 Å². The number of nitrogens with one attached hydrogen (secondary N) is 1. The van der Waals surface area contributed by atoms with Crippen molar-refractivity contribution in [1.82, 2.24) is 10.2 Å². The minimum absolute atomic E-state index is 0.261. The van der Waals surface area contributed by atoms with E-state index in [1.807, 2.05) is 36.4 Å². The van der Waals surface area contributed by atoms with Crippen LogP contribution in [0.25, 0.3) is 17.3 Å². The predicted molar refractivity (Wildman–Crippen MR) is 142 cm³/mol. The monoisotopic (exact) mass is 488 g/mol. The second-order valence-corrected chi connectivity index (χ2v) is 8.54. The highest BCUT2D eigenvalue weighted by Crippen LogP contribution is 2.38. The molecule has 0 atom stereocenters. The lowest BCUT2D eigenvalue weighted by Crippen LogP contribution is -2.25. The fourth-order valence-corrected chi connectivity index (χ4v) is 4.26. The predicted octanol–water partition coefficient (Wildman–Crippen LogP) is 5.20. The first-order valence-electron chi connectivity index (χ1n) is 12.1. The summed E-state index contributed by atoms with van der Waals surface area (Å²) in [6.07, 6.45) is 8.09. The number of aromatic nitrogens is 2. The molecule has 36 heavy (non-hydrogen) atoms. The van der Waals surface area contributed by atoms with E-state index < -0.39 is 0 Å². The first-order valence-corrected chi connectivity index (χ1v) is 12.1. The molecule has 0 aliphatic carbocycles. The van der Waals surface area contributed by atoms with Gasteiger partial charge in [0, 0.05) is 30.4 Å². The molecule has 1 aromatic heterocycles. The van der Waals surface area contributed by atoms with Gasteiger partial charge in [-0.05, 0) is 60.9 Å². The molecule has 1 N–H and O–H groups in total. The Morgan fingerprint density at radius 1 is 0.889 bits per heavy atom. The van der Waals surface area contributed by atoms with Gasteiger partial charge in [0.25, 0.3) is 0 Å². The number of hydrogen-bond donors (Lipinski definition) is 1. The number of carbonyl (C=O) groups excluding carboxylic acids is 1. The number of hydrogen-bond acceptors (Lipinski definition) is 7. The molecule has 4 rings (SSSR count). The Kier molecular flexibility index (Phi) is 8.39. The van der Waals surface area contributed by atoms with Crippen LogP contribution < -0.4 is 24.4 Å². The van der Waals surface area contributed by atoms with Gasteiger partial charge in [-0.25, -0.2) is 0 Å². The molecule has 3 aromatic rings. The zero-order valence-electron chi connectivity index (χ0n) is 21.0. The molecule has 0 saturated carbocycles. The van der Waals surface area contributed by atoms with Gasteiger partial charge in [0.1, 0.15) is 0 Å². The third kappa shape index (κ3) is 6.13. The summed E-state index contributed by atoms with van der Waals surface area (Å²) in [4.78, 5) is 14.9. The third-order valence-electron chi connectivity index (χ3n) is 6.12. The largest absolute Gasteiger partial charge is 0.493 e. The Morgan fingerprint density at radius 3 is 2.22 bits per heavy atom. The van der Waals surface area contributed by atoms with Gasteiger partial charge >= 0.3 is 0 Å². The Balaban J connectivity index is 1.44. The van der Waals surface area contributed by atoms with Gasteiger partial charge in [-0.15, -0.1) is 10.2 Å². The fraction of sp³-hybridized carbons (Fsp3) is 0.321. The van der Waals surface area contributed by atoms with E-state index in [4.69, 9.17) is 14.2 Å². The summed E-state index contributed by atoms with van der Waals surface area (Å²) < 4.78 is 16.1. The van der Waals surface area contributed by atoms with Gasteiger partial charge in [0.05, 0.1) is 27.0 Å². The quantitative estimate of drug-likeness (QED) is 0.436. The van der Waals surface area contributed by atoms with Gasteiger partial charge in [0.2, 0.25) is 11.7 Å². The van der Waals surface area contributed by atoms with Crippen LogP contribution in [0.2, 0.25) is 0 Å². The highest BCUT2D eigenvalue weighted by Gasteiger charge is 2.13. The van der Waals surface area contributed by atoms with Gasteiger partial charge < -0.3 is 24.4 Å². The van der Waals surface area contributed by atoms with Crippen molar-refractivity contribution in [2.75, 3.05) is 44.6 Å². The van der Waals surface area contributed by atoms with Crippen molar-refractivity contribution in [3.63, 3.8) is 0 Å². The van der Waals surface area contributed by atoms with Gasteiger partial charge in [-0.3, -0.25) is 4.79 Å². The number of ether oxygens (including phenoxy) is 3. The Hall–Kier alpha value is -4.07. The van der Waals surface area contributed by atoms with Crippen LogP contribution in [0.3, 0.4) is 0 Å². The molecule has 1 aliphatic rings. The molecule has 0 unspecified atom stereocenters. The average Bonchev–Trinajstić information content (AvgIpc) is 3.21. The van der Waals surface area contributed by atoms with Crippen LogP contribution >= 0.6 is 0 Å². The molecule has 0 spiro atoms. The van der Waals surface area contributed by atoms with Crippen LogP contribution in [-0.4, -0.2) is 50.5 Å². The maximum atomic E-state index is 12.6. The topological polar surface area (TPSA) is 85.8 Å². The van der Waals surface area contributed by atoms with Crippen molar-refractivity contribution >= 4 is 23.5 Å². The number of nitrogens with zero attached hydrogens (tertiary/aromatic N) is 3. The molecule has 1 saturated heterocycles.